The number of halogens is 3. The molecule has 0 aromatic heterocycles. The van der Waals surface area contributed by atoms with Gasteiger partial charge in [0, 0.05) is 19.6 Å². The molecule has 1 aromatic rings. The fourth-order valence-corrected chi connectivity index (χ4v) is 1.89. The van der Waals surface area contributed by atoms with Gasteiger partial charge in [0.25, 0.3) is 0 Å². The number of benzene rings is 1. The van der Waals surface area contributed by atoms with Gasteiger partial charge in [0.1, 0.15) is 0 Å². The first kappa shape index (κ1) is 16.0. The number of ether oxygens (including phenoxy) is 1. The van der Waals surface area contributed by atoms with Crippen LogP contribution in [0, 0.1) is 0 Å². The van der Waals surface area contributed by atoms with Crippen LogP contribution in [0.4, 0.5) is 13.2 Å². The van der Waals surface area contributed by atoms with Gasteiger partial charge in [-0.05, 0) is 5.56 Å². The van der Waals surface area contributed by atoms with Gasteiger partial charge in [-0.15, -0.1) is 0 Å². The summed E-state index contributed by atoms with van der Waals surface area (Å²) < 4.78 is 42.2. The van der Waals surface area contributed by atoms with Gasteiger partial charge in [0.2, 0.25) is 0 Å². The summed E-state index contributed by atoms with van der Waals surface area (Å²) in [4.78, 5) is 1.77. The van der Waals surface area contributed by atoms with Crippen LogP contribution in [-0.2, 0) is 11.3 Å². The molecule has 0 amide bonds. The van der Waals surface area contributed by atoms with E-state index < -0.39 is 12.3 Å². The molecule has 1 atom stereocenters. The highest BCUT2D eigenvalue weighted by Gasteiger charge is 2.43. The van der Waals surface area contributed by atoms with Gasteiger partial charge in [-0.3, -0.25) is 4.90 Å². The molecule has 19 heavy (non-hydrogen) atoms. The van der Waals surface area contributed by atoms with Crippen molar-refractivity contribution in [3.63, 3.8) is 0 Å². The zero-order valence-corrected chi connectivity index (χ0v) is 11.3. The molecule has 108 valence electrons. The van der Waals surface area contributed by atoms with Crippen molar-refractivity contribution in [2.75, 3.05) is 19.7 Å². The molecular weight excluding hydrogens is 255 g/mol. The highest BCUT2D eigenvalue weighted by atomic mass is 19.4. The minimum Gasteiger partial charge on any atom is -0.366 e. The highest BCUT2D eigenvalue weighted by molar-refractivity contribution is 5.14. The third kappa shape index (κ3) is 5.20. The Hall–Kier alpha value is -1.07. The lowest BCUT2D eigenvalue weighted by molar-refractivity contribution is -0.237. The summed E-state index contributed by atoms with van der Waals surface area (Å²) in [6.07, 6.45) is -5.92. The van der Waals surface area contributed by atoms with Gasteiger partial charge in [-0.25, -0.2) is 0 Å². The molecule has 5 heteroatoms. The molecule has 1 saturated heterocycles. The quantitative estimate of drug-likeness (QED) is 0.819. The van der Waals surface area contributed by atoms with Gasteiger partial charge in [0.15, 0.2) is 6.10 Å². The van der Waals surface area contributed by atoms with E-state index in [4.69, 9.17) is 4.74 Å². The van der Waals surface area contributed by atoms with E-state index in [-0.39, 0.29) is 13.2 Å². The van der Waals surface area contributed by atoms with E-state index in [9.17, 15) is 13.2 Å². The normalized spacial score (nSPS) is 20.6. The molecule has 1 aromatic carbocycles. The number of morpholine rings is 1. The number of rotatable bonds is 2. The van der Waals surface area contributed by atoms with E-state index in [0.29, 0.717) is 13.1 Å². The zero-order chi connectivity index (χ0) is 14.3. The predicted octanol–water partition coefficient (Wildman–Crippen LogP) is 3.48. The van der Waals surface area contributed by atoms with Crippen LogP contribution in [0.3, 0.4) is 0 Å². The number of alkyl halides is 3. The maximum Gasteiger partial charge on any atom is 0.415 e. The second-order valence-corrected chi connectivity index (χ2v) is 4.12. The van der Waals surface area contributed by atoms with Crippen molar-refractivity contribution in [1.29, 1.82) is 0 Å². The van der Waals surface area contributed by atoms with Crippen LogP contribution < -0.4 is 0 Å². The van der Waals surface area contributed by atoms with Crippen LogP contribution >= 0.6 is 0 Å². The molecule has 2 rings (SSSR count). The summed E-state index contributed by atoms with van der Waals surface area (Å²) >= 11 is 0. The van der Waals surface area contributed by atoms with Gasteiger partial charge >= 0.3 is 6.18 Å². The minimum atomic E-state index is -4.27. The zero-order valence-electron chi connectivity index (χ0n) is 11.3. The van der Waals surface area contributed by atoms with E-state index in [1.807, 2.05) is 44.2 Å². The van der Waals surface area contributed by atoms with Gasteiger partial charge in [-0.1, -0.05) is 44.2 Å². The summed E-state index contributed by atoms with van der Waals surface area (Å²) in [5, 5.41) is 0. The fraction of sp³-hybridized carbons (Fsp3) is 0.571. The second-order valence-electron chi connectivity index (χ2n) is 4.12. The van der Waals surface area contributed by atoms with Crippen molar-refractivity contribution < 1.29 is 17.9 Å². The van der Waals surface area contributed by atoms with Crippen molar-refractivity contribution in [3.8, 4) is 0 Å². The van der Waals surface area contributed by atoms with E-state index in [2.05, 4.69) is 0 Å². The third-order valence-electron chi connectivity index (χ3n) is 2.76. The fourth-order valence-electron chi connectivity index (χ4n) is 1.89. The lowest BCUT2D eigenvalue weighted by atomic mass is 10.2. The van der Waals surface area contributed by atoms with Gasteiger partial charge in [-0.2, -0.15) is 13.2 Å². The SMILES string of the molecule is CC.FC(F)(F)[C@H]1CN(Cc2ccccc2)CCO1. The minimum absolute atomic E-state index is 0.0849. The Morgan fingerprint density at radius 2 is 1.84 bits per heavy atom. The van der Waals surface area contributed by atoms with Crippen LogP contribution in [0.5, 0.6) is 0 Å². The maximum atomic E-state index is 12.5. The molecule has 0 N–H and O–H groups in total. The Balaban J connectivity index is 0.000000861. The predicted molar refractivity (Wildman–Crippen MR) is 68.9 cm³/mol. The second kappa shape index (κ2) is 7.50. The summed E-state index contributed by atoms with van der Waals surface area (Å²) in [6, 6.07) is 9.49. The van der Waals surface area contributed by atoms with Crippen LogP contribution in [0.15, 0.2) is 30.3 Å². The van der Waals surface area contributed by atoms with Crippen molar-refractivity contribution in [1.82, 2.24) is 4.90 Å². The lowest BCUT2D eigenvalue weighted by Crippen LogP contribution is -2.48. The molecular formula is C14H20F3NO. The molecule has 0 aliphatic carbocycles. The van der Waals surface area contributed by atoms with Crippen LogP contribution in [-0.4, -0.2) is 36.9 Å². The molecule has 1 heterocycles. The van der Waals surface area contributed by atoms with Crippen LogP contribution in [0.2, 0.25) is 0 Å². The summed E-state index contributed by atoms with van der Waals surface area (Å²) in [6.45, 7) is 5.13. The van der Waals surface area contributed by atoms with E-state index in [1.54, 1.807) is 4.90 Å². The molecule has 1 fully saturated rings. The monoisotopic (exact) mass is 275 g/mol. The van der Waals surface area contributed by atoms with Gasteiger partial charge < -0.3 is 4.74 Å². The summed E-state index contributed by atoms with van der Waals surface area (Å²) in [5.41, 5.74) is 1.02. The van der Waals surface area contributed by atoms with Crippen molar-refractivity contribution in [2.45, 2.75) is 32.7 Å². The summed E-state index contributed by atoms with van der Waals surface area (Å²) in [5.74, 6) is 0. The van der Waals surface area contributed by atoms with Crippen LogP contribution in [0.25, 0.3) is 0 Å². The molecule has 2 nitrogen and oxygen atoms in total. The van der Waals surface area contributed by atoms with Crippen molar-refractivity contribution >= 4 is 0 Å². The average Bonchev–Trinajstić information content (AvgIpc) is 2.41. The van der Waals surface area contributed by atoms with Crippen molar-refractivity contribution in [3.05, 3.63) is 35.9 Å². The first-order valence-electron chi connectivity index (χ1n) is 6.50. The highest BCUT2D eigenvalue weighted by Crippen LogP contribution is 2.26. The number of nitrogens with zero attached hydrogens (tertiary/aromatic N) is 1. The largest absolute Gasteiger partial charge is 0.415 e. The summed E-state index contributed by atoms with van der Waals surface area (Å²) in [7, 11) is 0. The van der Waals surface area contributed by atoms with E-state index in [0.717, 1.165) is 5.56 Å². The lowest BCUT2D eigenvalue weighted by Gasteiger charge is -2.33. The molecule has 0 bridgehead atoms. The number of hydrogen-bond donors (Lipinski definition) is 0. The Morgan fingerprint density at radius 1 is 1.21 bits per heavy atom. The topological polar surface area (TPSA) is 12.5 Å². The third-order valence-corrected chi connectivity index (χ3v) is 2.76. The molecule has 0 saturated carbocycles. The number of hydrogen-bond acceptors (Lipinski definition) is 2. The molecule has 0 radical (unpaired) electrons. The Labute approximate surface area is 112 Å². The Kier molecular flexibility index (Phi) is 6.31. The molecule has 0 unspecified atom stereocenters. The Morgan fingerprint density at radius 3 is 2.42 bits per heavy atom. The molecule has 0 spiro atoms. The molecule has 1 aliphatic heterocycles. The van der Waals surface area contributed by atoms with E-state index >= 15 is 0 Å². The van der Waals surface area contributed by atoms with Crippen LogP contribution in [0.1, 0.15) is 19.4 Å². The average molecular weight is 275 g/mol. The van der Waals surface area contributed by atoms with Crippen molar-refractivity contribution in [2.24, 2.45) is 0 Å². The van der Waals surface area contributed by atoms with Gasteiger partial charge in [0.05, 0.1) is 6.61 Å². The standard InChI is InChI=1S/C12H14F3NO.C2H6/c13-12(14,15)11-9-16(6-7-17-11)8-10-4-2-1-3-5-10;1-2/h1-5,11H,6-9H2;1-2H3/t11-;/m1./s1. The Bertz CT molecular complexity index is 353. The molecule has 1 aliphatic rings. The first-order chi connectivity index (χ1) is 9.05. The smallest absolute Gasteiger partial charge is 0.366 e. The first-order valence-corrected chi connectivity index (χ1v) is 6.50. The van der Waals surface area contributed by atoms with E-state index in [1.165, 1.54) is 0 Å². The maximum absolute atomic E-state index is 12.5.